The van der Waals surface area contributed by atoms with Gasteiger partial charge in [0.15, 0.2) is 11.5 Å². The molecule has 176 valence electrons. The molecule has 0 spiro atoms. The monoisotopic (exact) mass is 458 g/mol. The normalized spacial score (nSPS) is 12.7. The summed E-state index contributed by atoms with van der Waals surface area (Å²) < 4.78 is 16.5. The van der Waals surface area contributed by atoms with Gasteiger partial charge in [-0.3, -0.25) is 0 Å². The average molecular weight is 459 g/mol. The van der Waals surface area contributed by atoms with E-state index in [4.69, 9.17) is 14.2 Å². The molecule has 0 amide bonds. The summed E-state index contributed by atoms with van der Waals surface area (Å²) in [5, 5.41) is 4.63. The van der Waals surface area contributed by atoms with Crippen LogP contribution in [0.15, 0.2) is 66.9 Å². The van der Waals surface area contributed by atoms with Crippen molar-refractivity contribution >= 4 is 22.9 Å². The Morgan fingerprint density at radius 1 is 0.941 bits per heavy atom. The fourth-order valence-electron chi connectivity index (χ4n) is 4.53. The number of aryl methyl sites for hydroxylation is 1. The fourth-order valence-corrected chi connectivity index (χ4v) is 4.53. The zero-order valence-corrected chi connectivity index (χ0v) is 19.9. The highest BCUT2D eigenvalue weighted by atomic mass is 16.5. The zero-order chi connectivity index (χ0) is 24.1. The van der Waals surface area contributed by atoms with Crippen LogP contribution in [0.3, 0.4) is 0 Å². The Morgan fingerprint density at radius 3 is 2.24 bits per heavy atom. The van der Waals surface area contributed by atoms with Crippen LogP contribution < -0.4 is 19.5 Å². The Labute approximate surface area is 199 Å². The third-order valence-corrected chi connectivity index (χ3v) is 6.23. The molecule has 0 saturated carbocycles. The van der Waals surface area contributed by atoms with Crippen molar-refractivity contribution in [3.63, 3.8) is 0 Å². The number of hydrogen-bond acceptors (Lipinski definition) is 5. The predicted octanol–water partition coefficient (Wildman–Crippen LogP) is 5.89. The van der Waals surface area contributed by atoms with Gasteiger partial charge in [0.1, 0.15) is 6.29 Å². The first-order chi connectivity index (χ1) is 16.6. The van der Waals surface area contributed by atoms with E-state index in [9.17, 15) is 4.79 Å². The number of aromatic nitrogens is 1. The van der Waals surface area contributed by atoms with E-state index in [0.29, 0.717) is 17.2 Å². The van der Waals surface area contributed by atoms with Crippen molar-refractivity contribution in [2.45, 2.75) is 25.3 Å². The quantitative estimate of drug-likeness (QED) is 0.290. The summed E-state index contributed by atoms with van der Waals surface area (Å²) in [5.74, 6) is 1.15. The van der Waals surface area contributed by atoms with Crippen LogP contribution in [-0.2, 0) is 11.2 Å². The first-order valence-electron chi connectivity index (χ1n) is 11.3. The Hall–Kier alpha value is -3.93. The number of H-pyrrole nitrogens is 1. The minimum Gasteiger partial charge on any atom is -0.493 e. The number of fused-ring (bicyclic) bond motifs is 1. The zero-order valence-electron chi connectivity index (χ0n) is 19.9. The summed E-state index contributed by atoms with van der Waals surface area (Å²) in [7, 11) is 4.74. The van der Waals surface area contributed by atoms with Gasteiger partial charge >= 0.3 is 0 Å². The van der Waals surface area contributed by atoms with Crippen molar-refractivity contribution < 1.29 is 19.0 Å². The second-order valence-electron chi connectivity index (χ2n) is 8.05. The van der Waals surface area contributed by atoms with Gasteiger partial charge in [-0.15, -0.1) is 0 Å². The smallest absolute Gasteiger partial charge is 0.203 e. The molecule has 6 heteroatoms. The molecule has 4 aromatic rings. The number of rotatable bonds is 10. The highest BCUT2D eigenvalue weighted by Crippen LogP contribution is 2.43. The molecule has 2 unspecified atom stereocenters. The molecule has 0 bridgehead atoms. The average Bonchev–Trinajstić information content (AvgIpc) is 3.32. The van der Waals surface area contributed by atoms with Gasteiger partial charge in [0.2, 0.25) is 5.75 Å². The van der Waals surface area contributed by atoms with Crippen LogP contribution in [0.25, 0.3) is 10.9 Å². The Morgan fingerprint density at radius 2 is 1.65 bits per heavy atom. The SMILES string of the molecule is CCc1cccc2c(C(C=O)C(Nc3cc(OC)c(OC)c(OC)c3)c3ccccc3)c[nH]c12. The summed E-state index contributed by atoms with van der Waals surface area (Å²) in [5.41, 5.74) is 5.00. The Balaban J connectivity index is 1.82. The number of carbonyl (C=O) groups is 1. The molecular weight excluding hydrogens is 428 g/mol. The fraction of sp³-hybridized carbons (Fsp3) is 0.250. The Kier molecular flexibility index (Phi) is 7.07. The van der Waals surface area contributed by atoms with E-state index in [1.54, 1.807) is 21.3 Å². The maximum Gasteiger partial charge on any atom is 0.203 e. The van der Waals surface area contributed by atoms with E-state index in [2.05, 4.69) is 29.4 Å². The van der Waals surface area contributed by atoms with Gasteiger partial charge in [0.05, 0.1) is 33.3 Å². The molecule has 0 aliphatic carbocycles. The number of benzene rings is 3. The molecule has 1 aromatic heterocycles. The highest BCUT2D eigenvalue weighted by molar-refractivity contribution is 5.89. The number of ether oxygens (including phenoxy) is 3. The van der Waals surface area contributed by atoms with Crippen LogP contribution in [0.1, 0.15) is 35.6 Å². The third kappa shape index (κ3) is 4.31. The van der Waals surface area contributed by atoms with E-state index in [1.807, 2.05) is 54.7 Å². The highest BCUT2D eigenvalue weighted by Gasteiger charge is 2.28. The number of aromatic amines is 1. The molecule has 0 aliphatic heterocycles. The van der Waals surface area contributed by atoms with Gasteiger partial charge in [0, 0.05) is 34.9 Å². The summed E-state index contributed by atoms with van der Waals surface area (Å²) in [6.45, 7) is 2.13. The van der Waals surface area contributed by atoms with Crippen molar-refractivity contribution in [3.05, 3.63) is 83.6 Å². The second-order valence-corrected chi connectivity index (χ2v) is 8.05. The summed E-state index contributed by atoms with van der Waals surface area (Å²) in [4.78, 5) is 16.0. The van der Waals surface area contributed by atoms with E-state index >= 15 is 0 Å². The van der Waals surface area contributed by atoms with Gasteiger partial charge in [-0.05, 0) is 23.1 Å². The second kappa shape index (κ2) is 10.3. The molecule has 1 heterocycles. The molecule has 0 radical (unpaired) electrons. The van der Waals surface area contributed by atoms with E-state index < -0.39 is 5.92 Å². The lowest BCUT2D eigenvalue weighted by molar-refractivity contribution is -0.109. The molecule has 2 N–H and O–H groups in total. The molecule has 3 aromatic carbocycles. The van der Waals surface area contributed by atoms with Gasteiger partial charge in [-0.1, -0.05) is 55.5 Å². The number of carbonyl (C=O) groups excluding carboxylic acids is 1. The number of hydrogen-bond donors (Lipinski definition) is 2. The standard InChI is InChI=1S/C28H30N2O4/c1-5-18-12-9-13-21-22(16-29-26(18)21)23(17-31)27(19-10-7-6-8-11-19)30-20-14-24(32-2)28(34-4)25(15-20)33-3/h6-17,23,27,29-30H,5H2,1-4H3. The summed E-state index contributed by atoms with van der Waals surface area (Å²) in [6, 6.07) is 19.6. The van der Waals surface area contributed by atoms with Crippen molar-refractivity contribution in [3.8, 4) is 17.2 Å². The van der Waals surface area contributed by atoms with Crippen molar-refractivity contribution in [2.24, 2.45) is 0 Å². The van der Waals surface area contributed by atoms with Gasteiger partial charge < -0.3 is 29.3 Å². The van der Waals surface area contributed by atoms with E-state index in [-0.39, 0.29) is 6.04 Å². The van der Waals surface area contributed by atoms with Crippen molar-refractivity contribution in [1.82, 2.24) is 4.98 Å². The van der Waals surface area contributed by atoms with Crippen molar-refractivity contribution in [1.29, 1.82) is 0 Å². The largest absolute Gasteiger partial charge is 0.493 e. The van der Waals surface area contributed by atoms with Gasteiger partial charge in [-0.2, -0.15) is 0 Å². The van der Waals surface area contributed by atoms with Crippen LogP contribution in [0, 0.1) is 0 Å². The van der Waals surface area contributed by atoms with Crippen LogP contribution in [0.2, 0.25) is 0 Å². The molecule has 0 aliphatic rings. The lowest BCUT2D eigenvalue weighted by atomic mass is 9.87. The minimum absolute atomic E-state index is 0.328. The van der Waals surface area contributed by atoms with Crippen molar-refractivity contribution in [2.75, 3.05) is 26.6 Å². The van der Waals surface area contributed by atoms with Crippen LogP contribution in [-0.4, -0.2) is 32.6 Å². The first-order valence-corrected chi connectivity index (χ1v) is 11.3. The Bertz CT molecular complexity index is 1240. The molecule has 6 nitrogen and oxygen atoms in total. The number of nitrogens with one attached hydrogen (secondary N) is 2. The maximum absolute atomic E-state index is 12.6. The molecule has 0 saturated heterocycles. The maximum atomic E-state index is 12.6. The predicted molar refractivity (Wildman–Crippen MR) is 135 cm³/mol. The molecular formula is C28H30N2O4. The summed E-state index contributed by atoms with van der Waals surface area (Å²) >= 11 is 0. The van der Waals surface area contributed by atoms with E-state index in [1.165, 1.54) is 5.56 Å². The molecule has 2 atom stereocenters. The van der Waals surface area contributed by atoms with Gasteiger partial charge in [-0.25, -0.2) is 0 Å². The number of aldehydes is 1. The van der Waals surface area contributed by atoms with Crippen LogP contribution in [0.5, 0.6) is 17.2 Å². The third-order valence-electron chi connectivity index (χ3n) is 6.23. The minimum atomic E-state index is -0.442. The molecule has 4 rings (SSSR count). The lowest BCUT2D eigenvalue weighted by Crippen LogP contribution is -2.21. The lowest BCUT2D eigenvalue weighted by Gasteiger charge is -2.27. The van der Waals surface area contributed by atoms with Crippen LogP contribution in [0.4, 0.5) is 5.69 Å². The first kappa shape index (κ1) is 23.2. The topological polar surface area (TPSA) is 72.6 Å². The molecule has 34 heavy (non-hydrogen) atoms. The van der Waals surface area contributed by atoms with Gasteiger partial charge in [0.25, 0.3) is 0 Å². The van der Waals surface area contributed by atoms with Crippen LogP contribution >= 0.6 is 0 Å². The number of methoxy groups -OCH3 is 3. The summed E-state index contributed by atoms with van der Waals surface area (Å²) in [6.07, 6.45) is 3.88. The number of anilines is 1. The van der Waals surface area contributed by atoms with E-state index in [0.717, 1.165) is 40.4 Å². The molecule has 0 fully saturated rings. The number of para-hydroxylation sites is 1.